The number of benzene rings is 1. The number of hydrogen-bond acceptors (Lipinski definition) is 5. The largest absolute Gasteiger partial charge is 0.495 e. The Morgan fingerprint density at radius 2 is 2.05 bits per heavy atom. The van der Waals surface area contributed by atoms with Crippen molar-refractivity contribution in [3.63, 3.8) is 0 Å². The Bertz CT molecular complexity index is 595. The first kappa shape index (κ1) is 16.1. The lowest BCUT2D eigenvalue weighted by molar-refractivity contribution is 0.0265. The summed E-state index contributed by atoms with van der Waals surface area (Å²) in [5.74, 6) is 0.357. The molecule has 1 heterocycles. The van der Waals surface area contributed by atoms with E-state index in [2.05, 4.69) is 11.6 Å². The van der Waals surface area contributed by atoms with Crippen molar-refractivity contribution < 1.29 is 17.9 Å². The van der Waals surface area contributed by atoms with Gasteiger partial charge in [-0.1, -0.05) is 6.92 Å². The summed E-state index contributed by atoms with van der Waals surface area (Å²) in [6.45, 7) is 3.81. The zero-order chi connectivity index (χ0) is 15.5. The van der Waals surface area contributed by atoms with E-state index in [9.17, 15) is 8.42 Å². The molecule has 0 saturated carbocycles. The van der Waals surface area contributed by atoms with Gasteiger partial charge >= 0.3 is 0 Å². The zero-order valence-electron chi connectivity index (χ0n) is 12.4. The minimum atomic E-state index is -3.57. The quantitative estimate of drug-likeness (QED) is 0.801. The van der Waals surface area contributed by atoms with Gasteiger partial charge in [0.2, 0.25) is 10.0 Å². The van der Waals surface area contributed by atoms with Gasteiger partial charge in [0.15, 0.2) is 0 Å². The normalized spacial score (nSPS) is 18.4. The number of nitrogens with two attached hydrogens (primary N) is 1. The Morgan fingerprint density at radius 1 is 1.38 bits per heavy atom. The number of anilines is 1. The summed E-state index contributed by atoms with van der Waals surface area (Å²) < 4.78 is 37.8. The van der Waals surface area contributed by atoms with E-state index < -0.39 is 10.0 Å². The molecule has 0 aliphatic carbocycles. The SMILES string of the molecule is COc1cc(S(=O)(=O)NCC2(C)CCOCC2)ccc1N. The van der Waals surface area contributed by atoms with Crippen LogP contribution in [0.1, 0.15) is 19.8 Å². The molecular formula is C14H22N2O4S. The topological polar surface area (TPSA) is 90.7 Å². The maximum absolute atomic E-state index is 12.4. The molecule has 0 aromatic heterocycles. The van der Waals surface area contributed by atoms with Crippen LogP contribution in [-0.2, 0) is 14.8 Å². The van der Waals surface area contributed by atoms with Gasteiger partial charge in [0.25, 0.3) is 0 Å². The van der Waals surface area contributed by atoms with Gasteiger partial charge in [-0.05, 0) is 30.4 Å². The predicted octanol–water partition coefficient (Wildman–Crippen LogP) is 1.37. The summed E-state index contributed by atoms with van der Waals surface area (Å²) in [7, 11) is -2.12. The molecule has 1 aromatic rings. The third kappa shape index (κ3) is 3.87. The fraction of sp³-hybridized carbons (Fsp3) is 0.571. The third-order valence-electron chi connectivity index (χ3n) is 3.90. The molecule has 1 fully saturated rings. The first-order chi connectivity index (χ1) is 9.86. The van der Waals surface area contributed by atoms with Crippen molar-refractivity contribution in [2.75, 3.05) is 32.6 Å². The van der Waals surface area contributed by atoms with Crippen molar-refractivity contribution in [1.29, 1.82) is 0 Å². The fourth-order valence-corrected chi connectivity index (χ4v) is 3.47. The van der Waals surface area contributed by atoms with Crippen LogP contribution in [0.5, 0.6) is 5.75 Å². The van der Waals surface area contributed by atoms with Crippen LogP contribution in [0, 0.1) is 5.41 Å². The van der Waals surface area contributed by atoms with Crippen LogP contribution in [0.25, 0.3) is 0 Å². The van der Waals surface area contributed by atoms with E-state index >= 15 is 0 Å². The lowest BCUT2D eigenvalue weighted by Gasteiger charge is -2.33. The first-order valence-electron chi connectivity index (χ1n) is 6.87. The van der Waals surface area contributed by atoms with Gasteiger partial charge in [0, 0.05) is 25.8 Å². The molecule has 0 bridgehead atoms. The number of nitrogen functional groups attached to an aromatic ring is 1. The first-order valence-corrected chi connectivity index (χ1v) is 8.36. The van der Waals surface area contributed by atoms with Crippen LogP contribution in [0.15, 0.2) is 23.1 Å². The molecule has 1 aliphatic heterocycles. The maximum Gasteiger partial charge on any atom is 0.240 e. The van der Waals surface area contributed by atoms with Crippen molar-refractivity contribution in [2.45, 2.75) is 24.7 Å². The highest BCUT2D eigenvalue weighted by molar-refractivity contribution is 7.89. The summed E-state index contributed by atoms with van der Waals surface area (Å²) in [6.07, 6.45) is 1.70. The van der Waals surface area contributed by atoms with Crippen molar-refractivity contribution in [3.05, 3.63) is 18.2 Å². The Hall–Kier alpha value is -1.31. The maximum atomic E-state index is 12.4. The van der Waals surface area contributed by atoms with Gasteiger partial charge in [-0.25, -0.2) is 13.1 Å². The number of rotatable bonds is 5. The minimum Gasteiger partial charge on any atom is -0.495 e. The second kappa shape index (κ2) is 6.21. The molecular weight excluding hydrogens is 292 g/mol. The van der Waals surface area contributed by atoms with Crippen molar-refractivity contribution in [3.8, 4) is 5.75 Å². The minimum absolute atomic E-state index is 0.0663. The summed E-state index contributed by atoms with van der Waals surface area (Å²) in [6, 6.07) is 4.44. The highest BCUT2D eigenvalue weighted by Crippen LogP contribution is 2.30. The Morgan fingerprint density at radius 3 is 2.67 bits per heavy atom. The summed E-state index contributed by atoms with van der Waals surface area (Å²) in [5.41, 5.74) is 6.04. The average molecular weight is 314 g/mol. The summed E-state index contributed by atoms with van der Waals surface area (Å²) in [5, 5.41) is 0. The van der Waals surface area contributed by atoms with Gasteiger partial charge in [-0.3, -0.25) is 0 Å². The second-order valence-corrected chi connectivity index (χ2v) is 7.42. The molecule has 0 spiro atoms. The molecule has 1 aromatic carbocycles. The van der Waals surface area contributed by atoms with Gasteiger partial charge in [-0.15, -0.1) is 0 Å². The van der Waals surface area contributed by atoms with Crippen molar-refractivity contribution in [1.82, 2.24) is 4.72 Å². The lowest BCUT2D eigenvalue weighted by Crippen LogP contribution is -2.39. The summed E-state index contributed by atoms with van der Waals surface area (Å²) >= 11 is 0. The van der Waals surface area contributed by atoms with E-state index in [-0.39, 0.29) is 10.3 Å². The molecule has 2 rings (SSSR count). The van der Waals surface area contributed by atoms with Gasteiger partial charge < -0.3 is 15.2 Å². The molecule has 1 saturated heterocycles. The van der Waals surface area contributed by atoms with E-state index in [4.69, 9.17) is 15.2 Å². The van der Waals surface area contributed by atoms with Crippen LogP contribution in [-0.4, -0.2) is 35.3 Å². The van der Waals surface area contributed by atoms with E-state index in [1.54, 1.807) is 0 Å². The number of hydrogen-bond donors (Lipinski definition) is 2. The second-order valence-electron chi connectivity index (χ2n) is 5.65. The highest BCUT2D eigenvalue weighted by Gasteiger charge is 2.29. The van der Waals surface area contributed by atoms with Crippen LogP contribution < -0.4 is 15.2 Å². The van der Waals surface area contributed by atoms with Gasteiger partial charge in [0.05, 0.1) is 17.7 Å². The van der Waals surface area contributed by atoms with E-state index in [1.807, 2.05) is 0 Å². The van der Waals surface area contributed by atoms with E-state index in [0.29, 0.717) is 31.2 Å². The Kier molecular flexibility index (Phi) is 4.75. The molecule has 3 N–H and O–H groups in total. The Labute approximate surface area is 125 Å². The predicted molar refractivity (Wildman–Crippen MR) is 80.8 cm³/mol. The summed E-state index contributed by atoms with van der Waals surface area (Å²) in [4.78, 5) is 0.157. The zero-order valence-corrected chi connectivity index (χ0v) is 13.2. The van der Waals surface area contributed by atoms with Gasteiger partial charge in [0.1, 0.15) is 5.75 Å². The molecule has 0 amide bonds. The number of ether oxygens (including phenoxy) is 2. The molecule has 0 atom stereocenters. The molecule has 21 heavy (non-hydrogen) atoms. The van der Waals surface area contributed by atoms with Crippen molar-refractivity contribution in [2.24, 2.45) is 5.41 Å². The fourth-order valence-electron chi connectivity index (χ4n) is 2.25. The number of sulfonamides is 1. The van der Waals surface area contributed by atoms with Gasteiger partial charge in [-0.2, -0.15) is 0 Å². The number of nitrogens with one attached hydrogen (secondary N) is 1. The van der Waals surface area contributed by atoms with Crippen LogP contribution >= 0.6 is 0 Å². The van der Waals surface area contributed by atoms with Crippen molar-refractivity contribution >= 4 is 15.7 Å². The Balaban J connectivity index is 2.11. The standard InChI is InChI=1S/C14H22N2O4S/c1-14(5-7-20-8-6-14)10-16-21(17,18)11-3-4-12(15)13(9-11)19-2/h3-4,9,16H,5-8,10,15H2,1-2H3. The number of methoxy groups -OCH3 is 1. The average Bonchev–Trinajstić information content (AvgIpc) is 2.46. The van der Waals surface area contributed by atoms with E-state index in [0.717, 1.165) is 12.8 Å². The van der Waals surface area contributed by atoms with Crippen LogP contribution in [0.4, 0.5) is 5.69 Å². The molecule has 6 nitrogen and oxygen atoms in total. The molecule has 0 unspecified atom stereocenters. The van der Waals surface area contributed by atoms with Crippen LogP contribution in [0.2, 0.25) is 0 Å². The molecule has 7 heteroatoms. The molecule has 118 valence electrons. The highest BCUT2D eigenvalue weighted by atomic mass is 32.2. The lowest BCUT2D eigenvalue weighted by atomic mass is 9.83. The smallest absolute Gasteiger partial charge is 0.240 e. The third-order valence-corrected chi connectivity index (χ3v) is 5.30. The monoisotopic (exact) mass is 314 g/mol. The molecule has 0 radical (unpaired) electrons. The molecule has 1 aliphatic rings. The van der Waals surface area contributed by atoms with Crippen LogP contribution in [0.3, 0.4) is 0 Å². The van der Waals surface area contributed by atoms with E-state index in [1.165, 1.54) is 25.3 Å².